The number of hydrogen-bond acceptors (Lipinski definition) is 4. The molecule has 0 bridgehead atoms. The number of halogens is 1. The van der Waals surface area contributed by atoms with Gasteiger partial charge in [0.05, 0.1) is 12.7 Å². The summed E-state index contributed by atoms with van der Waals surface area (Å²) in [6, 6.07) is 9.06. The summed E-state index contributed by atoms with van der Waals surface area (Å²) >= 11 is 5.97. The van der Waals surface area contributed by atoms with E-state index in [1.165, 1.54) is 23.9 Å². The van der Waals surface area contributed by atoms with Gasteiger partial charge >= 0.3 is 5.97 Å². The molecule has 0 saturated carbocycles. The third kappa shape index (κ3) is 3.27. The van der Waals surface area contributed by atoms with Gasteiger partial charge in [0.15, 0.2) is 17.2 Å². The number of aromatic carboxylic acids is 1. The highest BCUT2D eigenvalue weighted by Crippen LogP contribution is 2.20. The van der Waals surface area contributed by atoms with Crippen molar-refractivity contribution in [1.29, 1.82) is 0 Å². The molecule has 0 radical (unpaired) electrons. The highest BCUT2D eigenvalue weighted by atomic mass is 35.5. The smallest absolute Gasteiger partial charge is 0.337 e. The fourth-order valence-electron chi connectivity index (χ4n) is 2.32. The lowest BCUT2D eigenvalue weighted by Crippen LogP contribution is -2.02. The lowest BCUT2D eigenvalue weighted by Gasteiger charge is -2.02. The highest BCUT2D eigenvalue weighted by Gasteiger charge is 2.14. The molecule has 2 heterocycles. The number of ether oxygens (including phenoxy) is 1. The van der Waals surface area contributed by atoms with Crippen LogP contribution in [0.1, 0.15) is 21.7 Å². The van der Waals surface area contributed by atoms with E-state index in [0.717, 1.165) is 12.0 Å². The summed E-state index contributed by atoms with van der Waals surface area (Å²) in [6.45, 7) is 0. The number of pyridine rings is 1. The monoisotopic (exact) mass is 331 g/mol. The van der Waals surface area contributed by atoms with E-state index < -0.39 is 5.97 Å². The first-order valence-corrected chi connectivity index (χ1v) is 7.35. The van der Waals surface area contributed by atoms with E-state index in [9.17, 15) is 4.79 Å². The van der Waals surface area contributed by atoms with Crippen LogP contribution < -0.4 is 4.74 Å². The van der Waals surface area contributed by atoms with Gasteiger partial charge in [-0.05, 0) is 24.1 Å². The highest BCUT2D eigenvalue weighted by molar-refractivity contribution is 6.30. The van der Waals surface area contributed by atoms with Gasteiger partial charge in [-0.25, -0.2) is 14.3 Å². The van der Waals surface area contributed by atoms with Crippen LogP contribution in [0.2, 0.25) is 5.02 Å². The van der Waals surface area contributed by atoms with Gasteiger partial charge in [0, 0.05) is 23.7 Å². The zero-order chi connectivity index (χ0) is 16.4. The molecular weight excluding hydrogens is 318 g/mol. The number of aryl methyl sites for hydroxylation is 2. The summed E-state index contributed by atoms with van der Waals surface area (Å²) in [4.78, 5) is 15.6. The van der Waals surface area contributed by atoms with Crippen LogP contribution in [0, 0.1) is 0 Å². The molecule has 23 heavy (non-hydrogen) atoms. The number of nitrogens with zero attached hydrogens (tertiary/aromatic N) is 3. The third-order valence-corrected chi connectivity index (χ3v) is 3.67. The number of fused-ring (bicyclic) bond motifs is 1. The molecular formula is C16H14ClN3O3. The Morgan fingerprint density at radius 1 is 1.35 bits per heavy atom. The number of carboxylic acids is 1. The van der Waals surface area contributed by atoms with Crippen LogP contribution in [0.4, 0.5) is 0 Å². The van der Waals surface area contributed by atoms with Crippen LogP contribution in [0.15, 0.2) is 36.5 Å². The number of methoxy groups -OCH3 is 1. The Hall–Kier alpha value is -2.60. The number of aromatic nitrogens is 3. The molecule has 0 aliphatic rings. The van der Waals surface area contributed by atoms with Crippen molar-refractivity contribution in [3.8, 4) is 5.75 Å². The molecule has 3 aromatic rings. The van der Waals surface area contributed by atoms with Crippen molar-refractivity contribution in [3.05, 3.63) is 58.5 Å². The summed E-state index contributed by atoms with van der Waals surface area (Å²) in [5, 5.41) is 14.1. The van der Waals surface area contributed by atoms with Gasteiger partial charge in [-0.2, -0.15) is 5.10 Å². The van der Waals surface area contributed by atoms with Crippen molar-refractivity contribution >= 4 is 23.2 Å². The topological polar surface area (TPSA) is 76.7 Å². The fourth-order valence-corrected chi connectivity index (χ4v) is 2.53. The van der Waals surface area contributed by atoms with Crippen LogP contribution >= 0.6 is 11.6 Å². The number of carboxylic acid groups (broad SMARTS) is 1. The third-order valence-electron chi connectivity index (χ3n) is 3.44. The van der Waals surface area contributed by atoms with Gasteiger partial charge in [0.25, 0.3) is 0 Å². The molecule has 7 heteroatoms. The first kappa shape index (κ1) is 15.3. The Bertz CT molecular complexity index is 876. The minimum Gasteiger partial charge on any atom is -0.493 e. The van der Waals surface area contributed by atoms with E-state index in [-0.39, 0.29) is 5.56 Å². The van der Waals surface area contributed by atoms with E-state index in [1.54, 1.807) is 0 Å². The second-order valence-corrected chi connectivity index (χ2v) is 5.46. The SMILES string of the molecule is COc1cc(C(=O)O)cn2nc(CCc3cccc(Cl)c3)nc12. The van der Waals surface area contributed by atoms with Crippen LogP contribution in [0.25, 0.3) is 5.65 Å². The quantitative estimate of drug-likeness (QED) is 0.778. The maximum absolute atomic E-state index is 11.1. The van der Waals surface area contributed by atoms with Crippen LogP contribution in [0.3, 0.4) is 0 Å². The second-order valence-electron chi connectivity index (χ2n) is 5.03. The van der Waals surface area contributed by atoms with Gasteiger partial charge in [-0.1, -0.05) is 23.7 Å². The van der Waals surface area contributed by atoms with E-state index in [4.69, 9.17) is 21.4 Å². The molecule has 3 rings (SSSR count). The molecule has 0 aliphatic heterocycles. The molecule has 118 valence electrons. The summed E-state index contributed by atoms with van der Waals surface area (Å²) in [5.74, 6) is -0.0432. The van der Waals surface area contributed by atoms with Crippen molar-refractivity contribution in [2.45, 2.75) is 12.8 Å². The molecule has 0 aliphatic carbocycles. The summed E-state index contributed by atoms with van der Waals surface area (Å²) in [7, 11) is 1.47. The van der Waals surface area contributed by atoms with Crippen molar-refractivity contribution in [3.63, 3.8) is 0 Å². The Balaban J connectivity index is 1.89. The van der Waals surface area contributed by atoms with Gasteiger partial charge in [-0.15, -0.1) is 0 Å². The summed E-state index contributed by atoms with van der Waals surface area (Å²) in [5.41, 5.74) is 1.69. The predicted molar refractivity (Wildman–Crippen MR) is 85.4 cm³/mol. The number of rotatable bonds is 5. The van der Waals surface area contributed by atoms with Gasteiger partial charge < -0.3 is 9.84 Å². The second kappa shape index (κ2) is 6.26. The molecule has 0 fully saturated rings. The maximum Gasteiger partial charge on any atom is 0.337 e. The molecule has 1 N–H and O–H groups in total. The van der Waals surface area contributed by atoms with Crippen LogP contribution in [-0.2, 0) is 12.8 Å². The fraction of sp³-hybridized carbons (Fsp3) is 0.188. The average molecular weight is 332 g/mol. The molecule has 0 unspecified atom stereocenters. The van der Waals surface area contributed by atoms with Crippen molar-refractivity contribution in [2.75, 3.05) is 7.11 Å². The zero-order valence-electron chi connectivity index (χ0n) is 12.4. The van der Waals surface area contributed by atoms with Crippen LogP contribution in [-0.4, -0.2) is 32.8 Å². The lowest BCUT2D eigenvalue weighted by molar-refractivity contribution is 0.0695. The normalized spacial score (nSPS) is 10.9. The van der Waals surface area contributed by atoms with Gasteiger partial charge in [0.1, 0.15) is 0 Å². The zero-order valence-corrected chi connectivity index (χ0v) is 13.1. The Kier molecular flexibility index (Phi) is 4.16. The standard InChI is InChI=1S/C16H14ClN3O3/c1-23-13-8-11(16(21)22)9-20-15(13)18-14(19-20)6-5-10-3-2-4-12(17)7-10/h2-4,7-9H,5-6H2,1H3,(H,21,22). The predicted octanol–water partition coefficient (Wildman–Crippen LogP) is 2.87. The van der Waals surface area contributed by atoms with E-state index in [2.05, 4.69) is 10.1 Å². The Labute approximate surface area is 137 Å². The minimum atomic E-state index is -1.04. The van der Waals surface area contributed by atoms with Gasteiger partial charge in [0.2, 0.25) is 0 Å². The van der Waals surface area contributed by atoms with E-state index >= 15 is 0 Å². The molecule has 0 amide bonds. The molecule has 6 nitrogen and oxygen atoms in total. The molecule has 2 aromatic heterocycles. The molecule has 1 aromatic carbocycles. The molecule has 0 saturated heterocycles. The van der Waals surface area contributed by atoms with E-state index in [1.807, 2.05) is 24.3 Å². The number of carbonyl (C=O) groups is 1. The van der Waals surface area contributed by atoms with Crippen LogP contribution in [0.5, 0.6) is 5.75 Å². The summed E-state index contributed by atoms with van der Waals surface area (Å²) < 4.78 is 6.65. The number of benzene rings is 1. The number of hydrogen-bond donors (Lipinski definition) is 1. The summed E-state index contributed by atoms with van der Waals surface area (Å²) in [6.07, 6.45) is 2.79. The van der Waals surface area contributed by atoms with Crippen molar-refractivity contribution in [1.82, 2.24) is 14.6 Å². The van der Waals surface area contributed by atoms with Gasteiger partial charge in [-0.3, -0.25) is 0 Å². The largest absolute Gasteiger partial charge is 0.493 e. The molecule has 0 atom stereocenters. The Morgan fingerprint density at radius 3 is 2.87 bits per heavy atom. The molecule has 0 spiro atoms. The first-order valence-electron chi connectivity index (χ1n) is 6.98. The van der Waals surface area contributed by atoms with Crippen molar-refractivity contribution in [2.24, 2.45) is 0 Å². The lowest BCUT2D eigenvalue weighted by atomic mass is 10.1. The van der Waals surface area contributed by atoms with Crippen molar-refractivity contribution < 1.29 is 14.6 Å². The van der Waals surface area contributed by atoms with E-state index in [0.29, 0.717) is 28.7 Å². The minimum absolute atomic E-state index is 0.0978. The average Bonchev–Trinajstić information content (AvgIpc) is 2.95. The Morgan fingerprint density at radius 2 is 2.17 bits per heavy atom. The maximum atomic E-state index is 11.1. The first-order chi connectivity index (χ1) is 11.1.